The van der Waals surface area contributed by atoms with Crippen molar-refractivity contribution in [1.29, 1.82) is 0 Å². The number of hydrogen-bond acceptors (Lipinski definition) is 4. The lowest BCUT2D eigenvalue weighted by Gasteiger charge is -2.23. The molecule has 0 aromatic carbocycles. The first-order valence-corrected chi connectivity index (χ1v) is 8.95. The highest BCUT2D eigenvalue weighted by molar-refractivity contribution is 7.90. The van der Waals surface area contributed by atoms with Crippen LogP contribution in [0.5, 0.6) is 0 Å². The molecule has 0 radical (unpaired) electrons. The van der Waals surface area contributed by atoms with Gasteiger partial charge in [0.1, 0.15) is 4.90 Å². The molecule has 2 rings (SSSR count). The number of hydrogen-bond donors (Lipinski definition) is 1. The zero-order valence-corrected chi connectivity index (χ0v) is 14.3. The number of allylic oxidation sites excluding steroid dienone is 2. The highest BCUT2D eigenvalue weighted by Crippen LogP contribution is 2.29. The van der Waals surface area contributed by atoms with Gasteiger partial charge in [0.15, 0.2) is 0 Å². The maximum Gasteiger partial charge on any atom is 0.267 e. The summed E-state index contributed by atoms with van der Waals surface area (Å²) in [6.45, 7) is 7.86. The maximum absolute atomic E-state index is 12.3. The Hall–Kier alpha value is -1.63. The standard InChI is InChI=1S/C15H23N3O3S/c1-10(2)18-9-14(8-16-18)22(20,21)17-15(19)13-6-5-11(3)12(4)7-13/h8-10,13H,5-7H2,1-4H3,(H,17,19). The molecule has 0 saturated carbocycles. The fourth-order valence-electron chi connectivity index (χ4n) is 2.49. The number of sulfonamides is 1. The van der Waals surface area contributed by atoms with E-state index in [2.05, 4.69) is 16.7 Å². The Morgan fingerprint density at radius 2 is 2.05 bits per heavy atom. The number of carbonyl (C=O) groups is 1. The SMILES string of the molecule is CC1=C(C)CC(C(=O)NS(=O)(=O)c2cnn(C(C)C)c2)CC1. The average Bonchev–Trinajstić information content (AvgIpc) is 2.92. The van der Waals surface area contributed by atoms with Crippen LogP contribution < -0.4 is 4.72 Å². The molecule has 1 aromatic heterocycles. The van der Waals surface area contributed by atoms with Crippen LogP contribution in [-0.2, 0) is 14.8 Å². The normalized spacial score (nSPS) is 19.6. The maximum atomic E-state index is 12.3. The first-order valence-electron chi connectivity index (χ1n) is 7.46. The van der Waals surface area contributed by atoms with E-state index in [1.807, 2.05) is 20.8 Å². The number of carbonyl (C=O) groups excluding carboxylic acids is 1. The van der Waals surface area contributed by atoms with Crippen molar-refractivity contribution in [3.63, 3.8) is 0 Å². The Kier molecular flexibility index (Phi) is 4.75. The van der Waals surface area contributed by atoms with E-state index in [9.17, 15) is 13.2 Å². The number of nitrogens with zero attached hydrogens (tertiary/aromatic N) is 2. The van der Waals surface area contributed by atoms with Gasteiger partial charge in [-0.2, -0.15) is 5.10 Å². The average molecular weight is 325 g/mol. The number of nitrogens with one attached hydrogen (secondary N) is 1. The third kappa shape index (κ3) is 3.58. The third-order valence-corrected chi connectivity index (χ3v) is 5.47. The summed E-state index contributed by atoms with van der Waals surface area (Å²) < 4.78 is 28.3. The van der Waals surface area contributed by atoms with Crippen molar-refractivity contribution in [3.8, 4) is 0 Å². The van der Waals surface area contributed by atoms with Crippen molar-refractivity contribution in [2.45, 2.75) is 57.9 Å². The highest BCUT2D eigenvalue weighted by Gasteiger charge is 2.28. The van der Waals surface area contributed by atoms with E-state index in [1.54, 1.807) is 4.68 Å². The van der Waals surface area contributed by atoms with Gasteiger partial charge in [0.2, 0.25) is 5.91 Å². The van der Waals surface area contributed by atoms with E-state index in [0.717, 1.165) is 6.42 Å². The molecule has 1 aliphatic carbocycles. The molecular weight excluding hydrogens is 302 g/mol. The second-order valence-corrected chi connectivity index (χ2v) is 7.90. The summed E-state index contributed by atoms with van der Waals surface area (Å²) in [5.41, 5.74) is 2.47. The number of amides is 1. The van der Waals surface area contributed by atoms with Crippen molar-refractivity contribution >= 4 is 15.9 Å². The van der Waals surface area contributed by atoms with Gasteiger partial charge in [-0.15, -0.1) is 0 Å². The minimum atomic E-state index is -3.85. The first kappa shape index (κ1) is 16.7. The summed E-state index contributed by atoms with van der Waals surface area (Å²) in [6.07, 6.45) is 4.87. The van der Waals surface area contributed by atoms with Crippen LogP contribution in [0.1, 0.15) is 53.0 Å². The van der Waals surface area contributed by atoms with Crippen LogP contribution in [0.3, 0.4) is 0 Å². The molecule has 0 spiro atoms. The molecule has 0 saturated heterocycles. The summed E-state index contributed by atoms with van der Waals surface area (Å²) in [6, 6.07) is 0.0637. The molecule has 1 aliphatic rings. The van der Waals surface area contributed by atoms with Crippen LogP contribution in [0, 0.1) is 5.92 Å². The molecule has 1 heterocycles. The van der Waals surface area contributed by atoms with E-state index in [1.165, 1.54) is 23.5 Å². The molecule has 1 aromatic rings. The van der Waals surface area contributed by atoms with E-state index in [4.69, 9.17) is 0 Å². The largest absolute Gasteiger partial charge is 0.274 e. The zero-order chi connectivity index (χ0) is 16.5. The Morgan fingerprint density at radius 3 is 2.59 bits per heavy atom. The van der Waals surface area contributed by atoms with Crippen molar-refractivity contribution in [2.75, 3.05) is 0 Å². The lowest BCUT2D eigenvalue weighted by atomic mass is 9.85. The summed E-state index contributed by atoms with van der Waals surface area (Å²) in [4.78, 5) is 12.3. The molecule has 6 nitrogen and oxygen atoms in total. The van der Waals surface area contributed by atoms with E-state index >= 15 is 0 Å². The highest BCUT2D eigenvalue weighted by atomic mass is 32.2. The van der Waals surface area contributed by atoms with Crippen molar-refractivity contribution in [1.82, 2.24) is 14.5 Å². The van der Waals surface area contributed by atoms with Crippen molar-refractivity contribution in [2.24, 2.45) is 5.92 Å². The van der Waals surface area contributed by atoms with Gasteiger partial charge < -0.3 is 0 Å². The zero-order valence-electron chi connectivity index (χ0n) is 13.5. The number of aromatic nitrogens is 2. The Balaban J connectivity index is 2.10. The fourth-order valence-corrected chi connectivity index (χ4v) is 3.47. The molecular formula is C15H23N3O3S. The lowest BCUT2D eigenvalue weighted by molar-refractivity contribution is -0.123. The molecule has 1 atom stereocenters. The second kappa shape index (κ2) is 6.24. The monoisotopic (exact) mass is 325 g/mol. The molecule has 1 unspecified atom stereocenters. The van der Waals surface area contributed by atoms with Crippen LogP contribution in [-0.4, -0.2) is 24.1 Å². The Labute approximate surface area is 131 Å². The quantitative estimate of drug-likeness (QED) is 0.862. The van der Waals surface area contributed by atoms with E-state index in [-0.39, 0.29) is 16.9 Å². The van der Waals surface area contributed by atoms with Gasteiger partial charge in [0.25, 0.3) is 10.0 Å². The topological polar surface area (TPSA) is 81.1 Å². The molecule has 1 N–H and O–H groups in total. The molecule has 122 valence electrons. The molecule has 0 fully saturated rings. The molecule has 0 bridgehead atoms. The van der Waals surface area contributed by atoms with Crippen LogP contribution in [0.15, 0.2) is 28.4 Å². The number of rotatable bonds is 4. The first-order chi connectivity index (χ1) is 10.2. The third-order valence-electron chi connectivity index (χ3n) is 4.17. The molecule has 22 heavy (non-hydrogen) atoms. The van der Waals surface area contributed by atoms with Crippen LogP contribution >= 0.6 is 0 Å². The Bertz CT molecular complexity index is 701. The van der Waals surface area contributed by atoms with Gasteiger partial charge in [0, 0.05) is 18.2 Å². The van der Waals surface area contributed by atoms with Crippen LogP contribution in [0.2, 0.25) is 0 Å². The van der Waals surface area contributed by atoms with Gasteiger partial charge in [-0.05, 0) is 47.0 Å². The predicted octanol–water partition coefficient (Wildman–Crippen LogP) is 2.41. The van der Waals surface area contributed by atoms with Crippen LogP contribution in [0.4, 0.5) is 0 Å². The van der Waals surface area contributed by atoms with E-state index < -0.39 is 15.9 Å². The second-order valence-electron chi connectivity index (χ2n) is 6.22. The van der Waals surface area contributed by atoms with Crippen molar-refractivity contribution in [3.05, 3.63) is 23.5 Å². The smallest absolute Gasteiger partial charge is 0.267 e. The summed E-state index contributed by atoms with van der Waals surface area (Å²) in [7, 11) is -3.85. The van der Waals surface area contributed by atoms with Gasteiger partial charge in [0.05, 0.1) is 6.20 Å². The minimum Gasteiger partial charge on any atom is -0.274 e. The van der Waals surface area contributed by atoms with E-state index in [0.29, 0.717) is 12.8 Å². The summed E-state index contributed by atoms with van der Waals surface area (Å²) in [5, 5.41) is 4.00. The summed E-state index contributed by atoms with van der Waals surface area (Å²) >= 11 is 0. The molecule has 0 aliphatic heterocycles. The minimum absolute atomic E-state index is 0.0220. The van der Waals surface area contributed by atoms with Crippen molar-refractivity contribution < 1.29 is 13.2 Å². The van der Waals surface area contributed by atoms with Gasteiger partial charge >= 0.3 is 0 Å². The predicted molar refractivity (Wildman–Crippen MR) is 83.7 cm³/mol. The molecule has 7 heteroatoms. The van der Waals surface area contributed by atoms with Gasteiger partial charge in [-0.25, -0.2) is 13.1 Å². The van der Waals surface area contributed by atoms with Gasteiger partial charge in [-0.1, -0.05) is 11.1 Å². The summed E-state index contributed by atoms with van der Waals surface area (Å²) in [5.74, 6) is -0.706. The van der Waals surface area contributed by atoms with Gasteiger partial charge in [-0.3, -0.25) is 9.48 Å². The molecule has 1 amide bonds. The lowest BCUT2D eigenvalue weighted by Crippen LogP contribution is -2.36. The fraction of sp³-hybridized carbons (Fsp3) is 0.600. The Morgan fingerprint density at radius 1 is 1.36 bits per heavy atom. The van der Waals surface area contributed by atoms with Crippen LogP contribution in [0.25, 0.3) is 0 Å².